The van der Waals surface area contributed by atoms with Crippen molar-refractivity contribution in [2.45, 2.75) is 204 Å². The fourth-order valence-corrected chi connectivity index (χ4v) is 7.25. The molecule has 1 unspecified atom stereocenters. The van der Waals surface area contributed by atoms with Crippen LogP contribution < -0.4 is 5.73 Å². The van der Waals surface area contributed by atoms with Crippen LogP contribution in [0.1, 0.15) is 138 Å². The van der Waals surface area contributed by atoms with E-state index < -0.39 is 32.4 Å². The molecular formula is C33H67NO6Si. The summed E-state index contributed by atoms with van der Waals surface area (Å²) in [5, 5.41) is 21.4. The normalized spacial score (nSPS) is 27.0. The van der Waals surface area contributed by atoms with Gasteiger partial charge in [0.1, 0.15) is 12.2 Å². The van der Waals surface area contributed by atoms with Crippen LogP contribution in [0.25, 0.3) is 0 Å². The standard InChI is InChI=1S/C33H67NO6Si/c1-9-10-11-12-13-14-15-16-17-18-19-20-21-26(35)29(36)25(34)24-37-27-22-23-28(40-41(7,8)32(2,3)4)31-30(27)38-33(5,6)39-31/h25-31,35-36H,9-24,34H2,1-8H3/t25-,26+,27+,28?,29-,30+,31+/m1/s1. The number of aliphatic hydroxyl groups excluding tert-OH is 2. The van der Waals surface area contributed by atoms with E-state index in [1.165, 1.54) is 64.2 Å². The van der Waals surface area contributed by atoms with Crippen LogP contribution in [0.15, 0.2) is 0 Å². The molecule has 1 aliphatic heterocycles. The summed E-state index contributed by atoms with van der Waals surface area (Å²) in [7, 11) is -1.97. The molecule has 1 saturated heterocycles. The average Bonchev–Trinajstić information content (AvgIpc) is 3.22. The third-order valence-corrected chi connectivity index (χ3v) is 14.1. The zero-order valence-corrected chi connectivity index (χ0v) is 29.0. The highest BCUT2D eigenvalue weighted by atomic mass is 28.4. The highest BCUT2D eigenvalue weighted by molar-refractivity contribution is 6.74. The predicted molar refractivity (Wildman–Crippen MR) is 171 cm³/mol. The van der Waals surface area contributed by atoms with Crippen LogP contribution in [0.5, 0.6) is 0 Å². The van der Waals surface area contributed by atoms with E-state index >= 15 is 0 Å². The fraction of sp³-hybridized carbons (Fsp3) is 1.00. The second-order valence-electron chi connectivity index (χ2n) is 14.8. The van der Waals surface area contributed by atoms with E-state index in [4.69, 9.17) is 24.4 Å². The van der Waals surface area contributed by atoms with Crippen molar-refractivity contribution in [3.05, 3.63) is 0 Å². The van der Waals surface area contributed by atoms with Crippen molar-refractivity contribution in [2.75, 3.05) is 6.61 Å². The van der Waals surface area contributed by atoms with Crippen LogP contribution >= 0.6 is 0 Å². The van der Waals surface area contributed by atoms with Crippen LogP contribution in [0.3, 0.4) is 0 Å². The summed E-state index contributed by atoms with van der Waals surface area (Å²) in [5.74, 6) is -0.706. The van der Waals surface area contributed by atoms with Gasteiger partial charge in [0.05, 0.1) is 37.1 Å². The molecule has 2 fully saturated rings. The Hall–Kier alpha value is -0.0631. The van der Waals surface area contributed by atoms with Crippen molar-refractivity contribution in [1.29, 1.82) is 0 Å². The molecule has 1 aliphatic carbocycles. The lowest BCUT2D eigenvalue weighted by Crippen LogP contribution is -2.55. The first kappa shape index (κ1) is 37.1. The zero-order valence-electron chi connectivity index (χ0n) is 28.0. The van der Waals surface area contributed by atoms with E-state index in [0.717, 1.165) is 25.7 Å². The topological polar surface area (TPSA) is 103 Å². The Balaban J connectivity index is 1.69. The number of hydrogen-bond donors (Lipinski definition) is 3. The summed E-state index contributed by atoms with van der Waals surface area (Å²) >= 11 is 0. The molecular weight excluding hydrogens is 534 g/mol. The Bertz CT molecular complexity index is 714. The molecule has 0 aromatic carbocycles. The van der Waals surface area contributed by atoms with Crippen molar-refractivity contribution < 1.29 is 28.8 Å². The number of rotatable bonds is 20. The highest BCUT2D eigenvalue weighted by Gasteiger charge is 2.54. The van der Waals surface area contributed by atoms with Gasteiger partial charge in [-0.15, -0.1) is 0 Å². The van der Waals surface area contributed by atoms with Crippen molar-refractivity contribution in [3.8, 4) is 0 Å². The van der Waals surface area contributed by atoms with Gasteiger partial charge in [-0.3, -0.25) is 0 Å². The quantitative estimate of drug-likeness (QED) is 0.100. The van der Waals surface area contributed by atoms with Crippen LogP contribution in [-0.2, 0) is 18.6 Å². The van der Waals surface area contributed by atoms with Gasteiger partial charge in [0.2, 0.25) is 0 Å². The largest absolute Gasteiger partial charge is 0.411 e. The van der Waals surface area contributed by atoms with Crippen LogP contribution in [0.4, 0.5) is 0 Å². The van der Waals surface area contributed by atoms with Crippen LogP contribution in [0, 0.1) is 0 Å². The molecule has 1 heterocycles. The summed E-state index contributed by atoms with van der Waals surface area (Å²) in [6, 6.07) is -0.655. The average molecular weight is 602 g/mol. The van der Waals surface area contributed by atoms with Crippen LogP contribution in [0.2, 0.25) is 18.1 Å². The minimum Gasteiger partial charge on any atom is -0.411 e. The van der Waals surface area contributed by atoms with Gasteiger partial charge in [0.15, 0.2) is 14.1 Å². The van der Waals surface area contributed by atoms with E-state index in [0.29, 0.717) is 6.42 Å². The minimum absolute atomic E-state index is 0.0286. The van der Waals surface area contributed by atoms with Crippen molar-refractivity contribution in [1.82, 2.24) is 0 Å². The molecule has 8 heteroatoms. The number of hydrogen-bond acceptors (Lipinski definition) is 7. The monoisotopic (exact) mass is 601 g/mol. The van der Waals surface area contributed by atoms with Gasteiger partial charge in [-0.2, -0.15) is 0 Å². The van der Waals surface area contributed by atoms with E-state index in [2.05, 4.69) is 40.8 Å². The predicted octanol–water partition coefficient (Wildman–Crippen LogP) is 7.22. The molecule has 0 aromatic rings. The molecule has 0 spiro atoms. The number of aliphatic hydroxyl groups is 2. The molecule has 0 bridgehead atoms. The lowest BCUT2D eigenvalue weighted by Gasteiger charge is -2.44. The smallest absolute Gasteiger partial charge is 0.192 e. The summed E-state index contributed by atoms with van der Waals surface area (Å²) in [6.45, 7) is 17.6. The molecule has 2 aliphatic rings. The molecule has 0 aromatic heterocycles. The molecule has 244 valence electrons. The van der Waals surface area contributed by atoms with Crippen LogP contribution in [-0.4, -0.2) is 73.6 Å². The van der Waals surface area contributed by atoms with Gasteiger partial charge in [-0.05, 0) is 51.2 Å². The van der Waals surface area contributed by atoms with Crippen molar-refractivity contribution >= 4 is 8.32 Å². The Morgan fingerprint density at radius 3 is 1.80 bits per heavy atom. The van der Waals surface area contributed by atoms with Gasteiger partial charge in [-0.1, -0.05) is 105 Å². The van der Waals surface area contributed by atoms with E-state index in [-0.39, 0.29) is 36.1 Å². The maximum Gasteiger partial charge on any atom is 0.192 e. The first-order valence-corrected chi connectivity index (χ1v) is 19.9. The van der Waals surface area contributed by atoms with E-state index in [1.54, 1.807) is 0 Å². The number of fused-ring (bicyclic) bond motifs is 1. The van der Waals surface area contributed by atoms with Gasteiger partial charge < -0.3 is 34.6 Å². The molecule has 7 atom stereocenters. The van der Waals surface area contributed by atoms with E-state index in [9.17, 15) is 10.2 Å². The summed E-state index contributed by atoms with van der Waals surface area (Å²) in [6.07, 6.45) is 15.0. The van der Waals surface area contributed by atoms with E-state index in [1.807, 2.05) is 13.8 Å². The van der Waals surface area contributed by atoms with Crippen molar-refractivity contribution in [3.63, 3.8) is 0 Å². The first-order chi connectivity index (χ1) is 19.2. The minimum atomic E-state index is -1.97. The molecule has 4 N–H and O–H groups in total. The summed E-state index contributed by atoms with van der Waals surface area (Å²) in [4.78, 5) is 0. The molecule has 7 nitrogen and oxygen atoms in total. The molecule has 0 radical (unpaired) electrons. The zero-order chi connectivity index (χ0) is 30.7. The Kier molecular flexibility index (Phi) is 15.8. The number of unbranched alkanes of at least 4 members (excludes halogenated alkanes) is 11. The second kappa shape index (κ2) is 17.4. The van der Waals surface area contributed by atoms with Gasteiger partial charge in [0, 0.05) is 0 Å². The maximum atomic E-state index is 10.7. The molecule has 1 saturated carbocycles. The SMILES string of the molecule is CCCCCCCCCCCCCC[C@H](O)[C@H](O)[C@H](N)CO[C@H]1CCC(O[Si](C)(C)C(C)(C)C)[C@@H]2OC(C)(C)O[C@@H]12. The first-order valence-electron chi connectivity index (χ1n) is 17.0. The van der Waals surface area contributed by atoms with Crippen molar-refractivity contribution in [2.24, 2.45) is 5.73 Å². The lowest BCUT2D eigenvalue weighted by molar-refractivity contribution is -0.160. The Morgan fingerprint density at radius 2 is 1.29 bits per heavy atom. The van der Waals surface area contributed by atoms with Gasteiger partial charge >= 0.3 is 0 Å². The second-order valence-corrected chi connectivity index (χ2v) is 19.6. The molecule has 0 amide bonds. The lowest BCUT2D eigenvalue weighted by atomic mass is 9.89. The number of ether oxygens (including phenoxy) is 3. The Labute approximate surface area is 253 Å². The summed E-state index contributed by atoms with van der Waals surface area (Å²) < 4.78 is 25.6. The van der Waals surface area contributed by atoms with Gasteiger partial charge in [-0.25, -0.2) is 0 Å². The van der Waals surface area contributed by atoms with Gasteiger partial charge in [0.25, 0.3) is 0 Å². The maximum absolute atomic E-state index is 10.7. The third kappa shape index (κ3) is 12.5. The number of nitrogens with two attached hydrogens (primary N) is 1. The Morgan fingerprint density at radius 1 is 0.829 bits per heavy atom. The molecule has 41 heavy (non-hydrogen) atoms. The fourth-order valence-electron chi connectivity index (χ4n) is 5.89. The molecule has 2 rings (SSSR count). The summed E-state index contributed by atoms with van der Waals surface area (Å²) in [5.41, 5.74) is 6.29. The highest BCUT2D eigenvalue weighted by Crippen LogP contribution is 2.44. The third-order valence-electron chi connectivity index (χ3n) is 9.57.